The number of amides is 2. The van der Waals surface area contributed by atoms with Crippen molar-refractivity contribution in [1.29, 1.82) is 0 Å². The monoisotopic (exact) mass is 373 g/mol. The van der Waals surface area contributed by atoms with Gasteiger partial charge in [-0.3, -0.25) is 14.6 Å². The Balaban J connectivity index is 1.56. The quantitative estimate of drug-likeness (QED) is 0.759. The summed E-state index contributed by atoms with van der Waals surface area (Å²) in [5.41, 5.74) is 3.20. The first kappa shape index (κ1) is 17.7. The molecule has 2 amide bonds. The second-order valence-electron chi connectivity index (χ2n) is 6.42. The number of carbonyl (C=O) groups excluding carboxylic acids is 2. The molecule has 6 nitrogen and oxygen atoms in total. The Hall–Kier alpha value is -3.67. The Morgan fingerprint density at radius 1 is 1.07 bits per heavy atom. The number of aromatic nitrogens is 1. The Labute approximate surface area is 162 Å². The highest BCUT2D eigenvalue weighted by Crippen LogP contribution is 2.29. The van der Waals surface area contributed by atoms with Crippen molar-refractivity contribution >= 4 is 23.2 Å². The van der Waals surface area contributed by atoms with E-state index >= 15 is 0 Å². The summed E-state index contributed by atoms with van der Waals surface area (Å²) < 4.78 is 5.26. The van der Waals surface area contributed by atoms with Gasteiger partial charge in [-0.2, -0.15) is 0 Å². The van der Waals surface area contributed by atoms with Crippen molar-refractivity contribution in [3.63, 3.8) is 0 Å². The number of fused-ring (bicyclic) bond motifs is 1. The van der Waals surface area contributed by atoms with Crippen molar-refractivity contribution in [3.8, 4) is 5.75 Å². The Kier molecular flexibility index (Phi) is 4.76. The van der Waals surface area contributed by atoms with Crippen LogP contribution in [0.15, 0.2) is 66.9 Å². The maximum atomic E-state index is 13.0. The van der Waals surface area contributed by atoms with E-state index in [1.54, 1.807) is 30.2 Å². The second-order valence-corrected chi connectivity index (χ2v) is 6.42. The molecule has 4 rings (SSSR count). The van der Waals surface area contributed by atoms with Crippen LogP contribution < -0.4 is 15.0 Å². The van der Waals surface area contributed by atoms with E-state index in [2.05, 4.69) is 10.3 Å². The van der Waals surface area contributed by atoms with E-state index in [0.29, 0.717) is 23.5 Å². The highest BCUT2D eigenvalue weighted by Gasteiger charge is 2.26. The number of anilines is 2. The van der Waals surface area contributed by atoms with E-state index < -0.39 is 0 Å². The molecule has 1 aromatic heterocycles. The molecule has 6 heteroatoms. The minimum Gasteiger partial charge on any atom is -0.495 e. The molecule has 0 radical (unpaired) electrons. The van der Waals surface area contributed by atoms with E-state index in [0.717, 1.165) is 17.7 Å². The zero-order valence-electron chi connectivity index (χ0n) is 15.4. The Morgan fingerprint density at radius 2 is 1.86 bits per heavy atom. The van der Waals surface area contributed by atoms with Crippen LogP contribution in [-0.2, 0) is 6.42 Å². The topological polar surface area (TPSA) is 71.5 Å². The van der Waals surface area contributed by atoms with Gasteiger partial charge in [-0.15, -0.1) is 0 Å². The molecule has 0 spiro atoms. The molecule has 1 N–H and O–H groups in total. The number of pyridine rings is 1. The lowest BCUT2D eigenvalue weighted by Gasteiger charge is -2.17. The molecule has 0 atom stereocenters. The highest BCUT2D eigenvalue weighted by atomic mass is 16.5. The third-order valence-corrected chi connectivity index (χ3v) is 4.73. The summed E-state index contributed by atoms with van der Waals surface area (Å²) in [6.45, 7) is 0.609. The number of hydrogen-bond acceptors (Lipinski definition) is 4. The maximum Gasteiger partial charge on any atom is 0.276 e. The number of benzene rings is 2. The molecular weight excluding hydrogens is 354 g/mol. The molecule has 1 aliphatic heterocycles. The van der Waals surface area contributed by atoms with Gasteiger partial charge in [-0.1, -0.05) is 30.3 Å². The SMILES string of the molecule is COc1ccccc1NC(=O)c1ccnc(C(=O)N2CCc3ccccc32)c1. The summed E-state index contributed by atoms with van der Waals surface area (Å²) in [6.07, 6.45) is 2.29. The van der Waals surface area contributed by atoms with Gasteiger partial charge in [0.1, 0.15) is 11.4 Å². The normalized spacial score (nSPS) is 12.4. The fraction of sp³-hybridized carbons (Fsp3) is 0.136. The first-order valence-corrected chi connectivity index (χ1v) is 8.97. The predicted octanol–water partition coefficient (Wildman–Crippen LogP) is 3.55. The van der Waals surface area contributed by atoms with Gasteiger partial charge in [0.15, 0.2) is 0 Å². The molecule has 0 saturated carbocycles. The summed E-state index contributed by atoms with van der Waals surface area (Å²) in [5.74, 6) is 0.0227. The van der Waals surface area contributed by atoms with Gasteiger partial charge in [0.2, 0.25) is 0 Å². The zero-order valence-corrected chi connectivity index (χ0v) is 15.4. The lowest BCUT2D eigenvalue weighted by molar-refractivity contribution is 0.0984. The first-order valence-electron chi connectivity index (χ1n) is 8.97. The van der Waals surface area contributed by atoms with Crippen LogP contribution in [0.4, 0.5) is 11.4 Å². The van der Waals surface area contributed by atoms with Gasteiger partial charge in [-0.25, -0.2) is 0 Å². The predicted molar refractivity (Wildman–Crippen MR) is 107 cm³/mol. The van der Waals surface area contributed by atoms with Gasteiger partial charge in [0, 0.05) is 24.0 Å². The molecule has 140 valence electrons. The number of ether oxygens (including phenoxy) is 1. The molecule has 3 aromatic rings. The minimum atomic E-state index is -0.331. The fourth-order valence-electron chi connectivity index (χ4n) is 3.32. The second kappa shape index (κ2) is 7.52. The average Bonchev–Trinajstić information content (AvgIpc) is 3.18. The van der Waals surface area contributed by atoms with E-state index in [-0.39, 0.29) is 17.5 Å². The van der Waals surface area contributed by atoms with Gasteiger partial charge in [0.05, 0.1) is 12.8 Å². The number of para-hydroxylation sites is 3. The molecule has 2 heterocycles. The summed E-state index contributed by atoms with van der Waals surface area (Å²) in [6, 6.07) is 18.1. The molecule has 2 aromatic carbocycles. The van der Waals surface area contributed by atoms with Crippen molar-refractivity contribution < 1.29 is 14.3 Å². The van der Waals surface area contributed by atoms with E-state index in [4.69, 9.17) is 4.74 Å². The van der Waals surface area contributed by atoms with Gasteiger partial charge >= 0.3 is 0 Å². The third kappa shape index (κ3) is 3.32. The highest BCUT2D eigenvalue weighted by molar-refractivity contribution is 6.09. The first-order chi connectivity index (χ1) is 13.7. The summed E-state index contributed by atoms with van der Waals surface area (Å²) in [4.78, 5) is 31.5. The van der Waals surface area contributed by atoms with E-state index in [1.165, 1.54) is 12.3 Å². The van der Waals surface area contributed by atoms with Crippen molar-refractivity contribution in [3.05, 3.63) is 83.7 Å². The zero-order chi connectivity index (χ0) is 19.5. The Morgan fingerprint density at radius 3 is 2.71 bits per heavy atom. The molecule has 0 unspecified atom stereocenters. The summed E-state index contributed by atoms with van der Waals surface area (Å²) in [5, 5.41) is 2.81. The van der Waals surface area contributed by atoms with Crippen molar-refractivity contribution in [1.82, 2.24) is 4.98 Å². The van der Waals surface area contributed by atoms with Crippen LogP contribution in [0, 0.1) is 0 Å². The largest absolute Gasteiger partial charge is 0.495 e. The molecule has 0 saturated heterocycles. The van der Waals surface area contributed by atoms with Crippen LogP contribution in [0.2, 0.25) is 0 Å². The van der Waals surface area contributed by atoms with Crippen molar-refractivity contribution in [2.75, 3.05) is 23.9 Å². The number of carbonyl (C=O) groups is 2. The van der Waals surface area contributed by atoms with Crippen LogP contribution in [0.25, 0.3) is 0 Å². The standard InChI is InChI=1S/C22H19N3O3/c1-28-20-9-5-3-7-17(20)24-21(26)16-10-12-23-18(14-16)22(27)25-13-11-15-6-2-4-8-19(15)25/h2-10,12,14H,11,13H2,1H3,(H,24,26). The van der Waals surface area contributed by atoms with Gasteiger partial charge in [0.25, 0.3) is 11.8 Å². The maximum absolute atomic E-state index is 13.0. The van der Waals surface area contributed by atoms with Gasteiger partial charge in [-0.05, 0) is 42.3 Å². The molecular formula is C22H19N3O3. The van der Waals surface area contributed by atoms with Crippen LogP contribution in [-0.4, -0.2) is 30.5 Å². The molecule has 0 aliphatic carbocycles. The van der Waals surface area contributed by atoms with Crippen molar-refractivity contribution in [2.45, 2.75) is 6.42 Å². The molecule has 1 aliphatic rings. The van der Waals surface area contributed by atoms with Crippen LogP contribution in [0.3, 0.4) is 0 Å². The number of nitrogens with zero attached hydrogens (tertiary/aromatic N) is 2. The number of rotatable bonds is 4. The minimum absolute atomic E-state index is 0.211. The summed E-state index contributed by atoms with van der Waals surface area (Å²) >= 11 is 0. The molecule has 0 bridgehead atoms. The number of methoxy groups -OCH3 is 1. The average molecular weight is 373 g/mol. The van der Waals surface area contributed by atoms with Crippen LogP contribution in [0.5, 0.6) is 5.75 Å². The van der Waals surface area contributed by atoms with E-state index in [1.807, 2.05) is 36.4 Å². The van der Waals surface area contributed by atoms with Crippen LogP contribution in [0.1, 0.15) is 26.4 Å². The van der Waals surface area contributed by atoms with E-state index in [9.17, 15) is 9.59 Å². The van der Waals surface area contributed by atoms with Crippen LogP contribution >= 0.6 is 0 Å². The number of nitrogens with one attached hydrogen (secondary N) is 1. The summed E-state index contributed by atoms with van der Waals surface area (Å²) in [7, 11) is 1.54. The lowest BCUT2D eigenvalue weighted by atomic mass is 10.1. The fourth-order valence-corrected chi connectivity index (χ4v) is 3.32. The lowest BCUT2D eigenvalue weighted by Crippen LogP contribution is -2.30. The number of hydrogen-bond donors (Lipinski definition) is 1. The van der Waals surface area contributed by atoms with Gasteiger partial charge < -0.3 is 15.0 Å². The Bertz CT molecular complexity index is 1050. The van der Waals surface area contributed by atoms with Crippen molar-refractivity contribution in [2.24, 2.45) is 0 Å². The molecule has 28 heavy (non-hydrogen) atoms. The smallest absolute Gasteiger partial charge is 0.276 e. The third-order valence-electron chi connectivity index (χ3n) is 4.73. The molecule has 0 fully saturated rings.